The molecule has 1 rings (SSSR count). The van der Waals surface area contributed by atoms with Crippen molar-refractivity contribution in [1.29, 1.82) is 0 Å². The van der Waals surface area contributed by atoms with Crippen molar-refractivity contribution in [3.63, 3.8) is 0 Å². The van der Waals surface area contributed by atoms with Crippen LogP contribution in [0.25, 0.3) is 0 Å². The van der Waals surface area contributed by atoms with Gasteiger partial charge in [-0.25, -0.2) is 0 Å². The van der Waals surface area contributed by atoms with Gasteiger partial charge in [-0.2, -0.15) is 0 Å². The van der Waals surface area contributed by atoms with Crippen molar-refractivity contribution in [1.82, 2.24) is 0 Å². The Labute approximate surface area is 115 Å². The number of carbonyl (C=O) groups is 1. The molecule has 0 fully saturated rings. The summed E-state index contributed by atoms with van der Waals surface area (Å²) in [6.45, 7) is 12.0. The standard InChI is InChI=1S/C15H24N2O2/c1-7-19-14-10(5)12(16)9(4)13(11(14)6)17-15(18)8(2)3/h8H,7,16H2,1-6H3,(H,17,18). The van der Waals surface area contributed by atoms with Crippen LogP contribution in [0.4, 0.5) is 11.4 Å². The van der Waals surface area contributed by atoms with Gasteiger partial charge in [0.1, 0.15) is 5.75 Å². The number of ether oxygens (including phenoxy) is 1. The van der Waals surface area contributed by atoms with Crippen LogP contribution in [0.3, 0.4) is 0 Å². The van der Waals surface area contributed by atoms with Gasteiger partial charge in [-0.3, -0.25) is 4.79 Å². The molecule has 0 unspecified atom stereocenters. The second-order valence-electron chi connectivity index (χ2n) is 5.07. The first-order valence-electron chi connectivity index (χ1n) is 6.64. The van der Waals surface area contributed by atoms with Gasteiger partial charge in [-0.05, 0) is 33.3 Å². The lowest BCUT2D eigenvalue weighted by Crippen LogP contribution is -2.20. The molecule has 106 valence electrons. The maximum Gasteiger partial charge on any atom is 0.226 e. The van der Waals surface area contributed by atoms with Crippen LogP contribution in [0.1, 0.15) is 37.5 Å². The molecule has 0 bridgehead atoms. The molecule has 0 saturated heterocycles. The summed E-state index contributed by atoms with van der Waals surface area (Å²) in [7, 11) is 0. The van der Waals surface area contributed by atoms with Crippen LogP contribution in [0.15, 0.2) is 0 Å². The predicted octanol–water partition coefficient (Wildman–Crippen LogP) is 3.19. The predicted molar refractivity (Wildman–Crippen MR) is 79.7 cm³/mol. The Hall–Kier alpha value is -1.71. The number of hydrogen-bond donors (Lipinski definition) is 2. The Morgan fingerprint density at radius 2 is 1.79 bits per heavy atom. The van der Waals surface area contributed by atoms with Gasteiger partial charge in [0.25, 0.3) is 0 Å². The lowest BCUT2D eigenvalue weighted by molar-refractivity contribution is -0.118. The first kappa shape index (κ1) is 15.3. The summed E-state index contributed by atoms with van der Waals surface area (Å²) in [6.07, 6.45) is 0. The van der Waals surface area contributed by atoms with Crippen molar-refractivity contribution in [3.05, 3.63) is 16.7 Å². The van der Waals surface area contributed by atoms with Crippen LogP contribution in [0, 0.1) is 26.7 Å². The minimum Gasteiger partial charge on any atom is -0.493 e. The number of nitrogens with one attached hydrogen (secondary N) is 1. The number of nitrogens with two attached hydrogens (primary N) is 1. The summed E-state index contributed by atoms with van der Waals surface area (Å²) < 4.78 is 5.65. The van der Waals surface area contributed by atoms with Crippen LogP contribution < -0.4 is 15.8 Å². The number of benzene rings is 1. The Morgan fingerprint density at radius 1 is 1.21 bits per heavy atom. The molecule has 0 aliphatic rings. The molecule has 0 aliphatic heterocycles. The highest BCUT2D eigenvalue weighted by Crippen LogP contribution is 2.38. The molecule has 1 aromatic rings. The zero-order valence-corrected chi connectivity index (χ0v) is 12.7. The number of carbonyl (C=O) groups excluding carboxylic acids is 1. The normalized spacial score (nSPS) is 10.7. The van der Waals surface area contributed by atoms with E-state index in [1.807, 2.05) is 41.5 Å². The van der Waals surface area contributed by atoms with Crippen molar-refractivity contribution >= 4 is 17.3 Å². The molecular formula is C15H24N2O2. The molecule has 19 heavy (non-hydrogen) atoms. The zero-order chi connectivity index (χ0) is 14.7. The van der Waals surface area contributed by atoms with Gasteiger partial charge in [0, 0.05) is 22.7 Å². The van der Waals surface area contributed by atoms with E-state index >= 15 is 0 Å². The maximum absolute atomic E-state index is 11.9. The fourth-order valence-electron chi connectivity index (χ4n) is 2.03. The molecule has 0 radical (unpaired) electrons. The fraction of sp³-hybridized carbons (Fsp3) is 0.533. The number of amides is 1. The number of rotatable bonds is 4. The third-order valence-corrected chi connectivity index (χ3v) is 3.30. The SMILES string of the molecule is CCOc1c(C)c(N)c(C)c(NC(=O)C(C)C)c1C. The quantitative estimate of drug-likeness (QED) is 0.821. The molecule has 3 N–H and O–H groups in total. The molecule has 0 heterocycles. The number of hydrogen-bond acceptors (Lipinski definition) is 3. The average molecular weight is 264 g/mol. The van der Waals surface area contributed by atoms with Crippen LogP contribution in [0.2, 0.25) is 0 Å². The van der Waals surface area contributed by atoms with Gasteiger partial charge in [-0.15, -0.1) is 0 Å². The molecule has 0 aromatic heterocycles. The van der Waals surface area contributed by atoms with Gasteiger partial charge in [0.2, 0.25) is 5.91 Å². The van der Waals surface area contributed by atoms with Crippen molar-refractivity contribution in [2.45, 2.75) is 41.5 Å². The Balaban J connectivity index is 3.35. The van der Waals surface area contributed by atoms with Crippen molar-refractivity contribution < 1.29 is 9.53 Å². The summed E-state index contributed by atoms with van der Waals surface area (Å²) in [5, 5.41) is 2.95. The molecule has 1 amide bonds. The summed E-state index contributed by atoms with van der Waals surface area (Å²) >= 11 is 0. The van der Waals surface area contributed by atoms with Crippen LogP contribution >= 0.6 is 0 Å². The lowest BCUT2D eigenvalue weighted by Gasteiger charge is -2.21. The van der Waals surface area contributed by atoms with Gasteiger partial charge in [0.05, 0.1) is 12.3 Å². The van der Waals surface area contributed by atoms with Crippen molar-refractivity contribution in [2.24, 2.45) is 5.92 Å². The van der Waals surface area contributed by atoms with E-state index in [1.165, 1.54) is 0 Å². The minimum atomic E-state index is -0.0723. The van der Waals surface area contributed by atoms with E-state index in [-0.39, 0.29) is 11.8 Å². The van der Waals surface area contributed by atoms with Gasteiger partial charge in [0.15, 0.2) is 0 Å². The summed E-state index contributed by atoms with van der Waals surface area (Å²) in [6, 6.07) is 0. The monoisotopic (exact) mass is 264 g/mol. The second kappa shape index (κ2) is 5.95. The van der Waals surface area contributed by atoms with Gasteiger partial charge in [-0.1, -0.05) is 13.8 Å². The third-order valence-electron chi connectivity index (χ3n) is 3.30. The van der Waals surface area contributed by atoms with E-state index in [2.05, 4.69) is 5.32 Å². The largest absolute Gasteiger partial charge is 0.493 e. The fourth-order valence-corrected chi connectivity index (χ4v) is 2.03. The van der Waals surface area contributed by atoms with Gasteiger partial charge >= 0.3 is 0 Å². The Bertz CT molecular complexity index is 494. The Morgan fingerprint density at radius 3 is 2.26 bits per heavy atom. The maximum atomic E-state index is 11.9. The molecule has 4 heteroatoms. The molecule has 4 nitrogen and oxygen atoms in total. The first-order valence-corrected chi connectivity index (χ1v) is 6.64. The molecule has 0 saturated carbocycles. The highest BCUT2D eigenvalue weighted by Gasteiger charge is 2.18. The van der Waals surface area contributed by atoms with Crippen LogP contribution in [-0.2, 0) is 4.79 Å². The first-order chi connectivity index (χ1) is 8.81. The number of nitrogen functional groups attached to an aromatic ring is 1. The van der Waals surface area contributed by atoms with E-state index in [0.717, 1.165) is 28.1 Å². The smallest absolute Gasteiger partial charge is 0.226 e. The molecule has 1 aromatic carbocycles. The molecule has 0 atom stereocenters. The lowest BCUT2D eigenvalue weighted by atomic mass is 10.00. The van der Waals surface area contributed by atoms with Crippen molar-refractivity contribution in [2.75, 3.05) is 17.7 Å². The highest BCUT2D eigenvalue weighted by molar-refractivity contribution is 5.95. The van der Waals surface area contributed by atoms with Crippen molar-refractivity contribution in [3.8, 4) is 5.75 Å². The zero-order valence-electron chi connectivity index (χ0n) is 12.7. The second-order valence-corrected chi connectivity index (χ2v) is 5.07. The summed E-state index contributed by atoms with van der Waals surface area (Å²) in [5.74, 6) is 0.679. The minimum absolute atomic E-state index is 0.0168. The van der Waals surface area contributed by atoms with E-state index in [1.54, 1.807) is 0 Å². The van der Waals surface area contributed by atoms with E-state index in [4.69, 9.17) is 10.5 Å². The highest BCUT2D eigenvalue weighted by atomic mass is 16.5. The molecular weight excluding hydrogens is 240 g/mol. The molecule has 0 spiro atoms. The topological polar surface area (TPSA) is 64.3 Å². The molecule has 0 aliphatic carbocycles. The van der Waals surface area contributed by atoms with E-state index in [9.17, 15) is 4.79 Å². The summed E-state index contributed by atoms with van der Waals surface area (Å²) in [4.78, 5) is 11.9. The third kappa shape index (κ3) is 3.00. The summed E-state index contributed by atoms with van der Waals surface area (Å²) in [5.41, 5.74) is 10.3. The van der Waals surface area contributed by atoms with E-state index in [0.29, 0.717) is 12.3 Å². The number of anilines is 2. The Kier molecular flexibility index (Phi) is 4.81. The van der Waals surface area contributed by atoms with Crippen LogP contribution in [0.5, 0.6) is 5.75 Å². The van der Waals surface area contributed by atoms with Gasteiger partial charge < -0.3 is 15.8 Å². The van der Waals surface area contributed by atoms with E-state index < -0.39 is 0 Å². The van der Waals surface area contributed by atoms with Crippen LogP contribution in [-0.4, -0.2) is 12.5 Å². The average Bonchev–Trinajstić information content (AvgIpc) is 2.37.